The Hall–Kier alpha value is -1.11. The van der Waals surface area contributed by atoms with Gasteiger partial charge in [0.2, 0.25) is 5.91 Å². The lowest BCUT2D eigenvalue weighted by atomic mass is 10.2. The van der Waals surface area contributed by atoms with Crippen molar-refractivity contribution in [2.75, 3.05) is 12.3 Å². The van der Waals surface area contributed by atoms with Gasteiger partial charge >= 0.3 is 5.97 Å². The fourth-order valence-electron chi connectivity index (χ4n) is 1.95. The van der Waals surface area contributed by atoms with Gasteiger partial charge in [-0.25, -0.2) is 8.42 Å². The number of carbonyl (C=O) groups excluding carboxylic acids is 1. The summed E-state index contributed by atoms with van der Waals surface area (Å²) in [5.74, 6) is -2.89. The van der Waals surface area contributed by atoms with Gasteiger partial charge in [0, 0.05) is 6.54 Å². The molecule has 1 aliphatic carbocycles. The highest BCUT2D eigenvalue weighted by molar-refractivity contribution is 7.92. The zero-order valence-electron chi connectivity index (χ0n) is 10.4. The van der Waals surface area contributed by atoms with Crippen molar-refractivity contribution in [3.63, 3.8) is 0 Å². The van der Waals surface area contributed by atoms with Crippen LogP contribution in [0.2, 0.25) is 0 Å². The highest BCUT2D eigenvalue weighted by atomic mass is 32.2. The minimum Gasteiger partial charge on any atom is -0.481 e. The fourth-order valence-corrected chi connectivity index (χ4v) is 3.71. The molecule has 1 fully saturated rings. The number of hydrogen-bond acceptors (Lipinski definition) is 4. The maximum Gasteiger partial charge on any atom is 0.308 e. The number of carbonyl (C=O) groups is 2. The molecule has 1 aliphatic rings. The minimum atomic E-state index is -3.39. The van der Waals surface area contributed by atoms with Crippen LogP contribution in [-0.2, 0) is 19.4 Å². The van der Waals surface area contributed by atoms with Crippen LogP contribution in [0.4, 0.5) is 0 Å². The average molecular weight is 277 g/mol. The molecule has 0 aliphatic heterocycles. The van der Waals surface area contributed by atoms with Gasteiger partial charge in [0.25, 0.3) is 0 Å². The monoisotopic (exact) mass is 277 g/mol. The number of carboxylic acid groups (broad SMARTS) is 1. The summed E-state index contributed by atoms with van der Waals surface area (Å²) in [6.07, 6.45) is 3.03. The standard InChI is InChI=1S/C11H19NO5S/c1-8(11(14)15)6-12-10(13)7-18(16,17)9-4-2-3-5-9/h8-9H,2-7H2,1H3,(H,12,13)(H,14,15). The van der Waals surface area contributed by atoms with Gasteiger partial charge in [-0.3, -0.25) is 9.59 Å². The van der Waals surface area contributed by atoms with Crippen LogP contribution in [0.5, 0.6) is 0 Å². The van der Waals surface area contributed by atoms with E-state index in [1.165, 1.54) is 6.92 Å². The quantitative estimate of drug-likeness (QED) is 0.721. The molecule has 0 aromatic rings. The molecule has 0 aromatic heterocycles. The Morgan fingerprint density at radius 3 is 2.39 bits per heavy atom. The second kappa shape index (κ2) is 6.17. The molecule has 2 N–H and O–H groups in total. The topological polar surface area (TPSA) is 101 Å². The Balaban J connectivity index is 2.42. The Labute approximate surface area is 107 Å². The molecular formula is C11H19NO5S. The molecule has 0 aromatic carbocycles. The van der Waals surface area contributed by atoms with Crippen molar-refractivity contribution in [1.29, 1.82) is 0 Å². The number of carboxylic acids is 1. The molecule has 1 amide bonds. The van der Waals surface area contributed by atoms with Gasteiger partial charge in [-0.1, -0.05) is 19.8 Å². The first-order valence-electron chi connectivity index (χ1n) is 6.04. The van der Waals surface area contributed by atoms with Crippen LogP contribution in [0.1, 0.15) is 32.6 Å². The fraction of sp³-hybridized carbons (Fsp3) is 0.818. The molecule has 1 saturated carbocycles. The highest BCUT2D eigenvalue weighted by Gasteiger charge is 2.30. The number of rotatable bonds is 6. The predicted octanol–water partition coefficient (Wildman–Crippen LogP) is 0.181. The Morgan fingerprint density at radius 1 is 1.33 bits per heavy atom. The third kappa shape index (κ3) is 4.29. The van der Waals surface area contributed by atoms with E-state index in [-0.39, 0.29) is 6.54 Å². The Kier molecular flexibility index (Phi) is 5.13. The molecule has 18 heavy (non-hydrogen) atoms. The van der Waals surface area contributed by atoms with Gasteiger partial charge in [-0.05, 0) is 12.8 Å². The van der Waals surface area contributed by atoms with Crippen molar-refractivity contribution >= 4 is 21.7 Å². The van der Waals surface area contributed by atoms with Crippen LogP contribution in [0, 0.1) is 5.92 Å². The molecular weight excluding hydrogens is 258 g/mol. The van der Waals surface area contributed by atoms with Crippen molar-refractivity contribution < 1.29 is 23.1 Å². The van der Waals surface area contributed by atoms with Gasteiger partial charge < -0.3 is 10.4 Å². The van der Waals surface area contributed by atoms with E-state index in [1.807, 2.05) is 0 Å². The van der Waals surface area contributed by atoms with Gasteiger partial charge in [0.1, 0.15) is 5.75 Å². The first kappa shape index (κ1) is 14.9. The van der Waals surface area contributed by atoms with E-state index in [1.54, 1.807) is 0 Å². The molecule has 0 spiro atoms. The lowest BCUT2D eigenvalue weighted by molar-refractivity contribution is -0.141. The first-order valence-corrected chi connectivity index (χ1v) is 7.75. The maximum absolute atomic E-state index is 11.8. The summed E-state index contributed by atoms with van der Waals surface area (Å²) in [6, 6.07) is 0. The largest absolute Gasteiger partial charge is 0.481 e. The van der Waals surface area contributed by atoms with E-state index in [9.17, 15) is 18.0 Å². The summed E-state index contributed by atoms with van der Waals surface area (Å²) >= 11 is 0. The lowest BCUT2D eigenvalue weighted by Gasteiger charge is -2.12. The van der Waals surface area contributed by atoms with E-state index in [0.29, 0.717) is 12.8 Å². The summed E-state index contributed by atoms with van der Waals surface area (Å²) in [7, 11) is -3.39. The number of aliphatic carboxylic acids is 1. The van der Waals surface area contributed by atoms with Crippen molar-refractivity contribution in [1.82, 2.24) is 5.32 Å². The van der Waals surface area contributed by atoms with Crippen LogP contribution in [0.3, 0.4) is 0 Å². The number of nitrogens with one attached hydrogen (secondary N) is 1. The van der Waals surface area contributed by atoms with Crippen molar-refractivity contribution in [2.24, 2.45) is 5.92 Å². The van der Waals surface area contributed by atoms with Crippen LogP contribution < -0.4 is 5.32 Å². The predicted molar refractivity (Wildman–Crippen MR) is 65.9 cm³/mol. The van der Waals surface area contributed by atoms with Crippen LogP contribution >= 0.6 is 0 Å². The zero-order valence-corrected chi connectivity index (χ0v) is 11.2. The van der Waals surface area contributed by atoms with Gasteiger partial charge in [0.05, 0.1) is 11.2 Å². The molecule has 1 rings (SSSR count). The second-order valence-electron chi connectivity index (χ2n) is 4.76. The van der Waals surface area contributed by atoms with Gasteiger partial charge in [-0.15, -0.1) is 0 Å². The molecule has 0 heterocycles. The number of hydrogen-bond donors (Lipinski definition) is 2. The summed E-state index contributed by atoms with van der Waals surface area (Å²) in [5, 5.41) is 10.6. The van der Waals surface area contributed by atoms with E-state index >= 15 is 0 Å². The van der Waals surface area contributed by atoms with Crippen molar-refractivity contribution in [3.05, 3.63) is 0 Å². The summed E-state index contributed by atoms with van der Waals surface area (Å²) in [4.78, 5) is 22.0. The van der Waals surface area contributed by atoms with E-state index in [2.05, 4.69) is 5.32 Å². The van der Waals surface area contributed by atoms with Crippen LogP contribution in [-0.4, -0.2) is 42.9 Å². The van der Waals surface area contributed by atoms with Gasteiger partial charge in [-0.2, -0.15) is 0 Å². The third-order valence-electron chi connectivity index (χ3n) is 3.17. The van der Waals surface area contributed by atoms with Crippen molar-refractivity contribution in [3.8, 4) is 0 Å². The second-order valence-corrected chi connectivity index (χ2v) is 7.04. The lowest BCUT2D eigenvalue weighted by Crippen LogP contribution is -2.37. The molecule has 0 saturated heterocycles. The SMILES string of the molecule is CC(CNC(=O)CS(=O)(=O)C1CCCC1)C(=O)O. The number of sulfone groups is 1. The van der Waals surface area contributed by atoms with E-state index in [4.69, 9.17) is 5.11 Å². The van der Waals surface area contributed by atoms with Crippen LogP contribution in [0.25, 0.3) is 0 Å². The number of amides is 1. The summed E-state index contributed by atoms with van der Waals surface area (Å²) < 4.78 is 23.7. The maximum atomic E-state index is 11.8. The Morgan fingerprint density at radius 2 is 1.89 bits per heavy atom. The molecule has 7 heteroatoms. The van der Waals surface area contributed by atoms with E-state index < -0.39 is 38.6 Å². The summed E-state index contributed by atoms with van der Waals surface area (Å²) in [5.41, 5.74) is 0. The third-order valence-corrected chi connectivity index (χ3v) is 5.32. The molecule has 6 nitrogen and oxygen atoms in total. The first-order chi connectivity index (χ1) is 8.33. The van der Waals surface area contributed by atoms with Gasteiger partial charge in [0.15, 0.2) is 9.84 Å². The normalized spacial score (nSPS) is 18.5. The zero-order chi connectivity index (χ0) is 13.8. The van der Waals surface area contributed by atoms with Crippen LogP contribution in [0.15, 0.2) is 0 Å². The molecule has 1 atom stereocenters. The average Bonchev–Trinajstić information content (AvgIpc) is 2.78. The minimum absolute atomic E-state index is 0.0473. The smallest absolute Gasteiger partial charge is 0.308 e. The molecule has 104 valence electrons. The highest BCUT2D eigenvalue weighted by Crippen LogP contribution is 2.24. The molecule has 0 bridgehead atoms. The van der Waals surface area contributed by atoms with Crippen molar-refractivity contribution in [2.45, 2.75) is 37.9 Å². The molecule has 1 unspecified atom stereocenters. The van der Waals surface area contributed by atoms with E-state index in [0.717, 1.165) is 12.8 Å². The molecule has 0 radical (unpaired) electrons. The Bertz CT molecular complexity index is 411. The summed E-state index contributed by atoms with van der Waals surface area (Å²) in [6.45, 7) is 1.41.